The summed E-state index contributed by atoms with van der Waals surface area (Å²) in [6.45, 7) is 0.683. The zero-order valence-electron chi connectivity index (χ0n) is 11.6. The first-order valence-electron chi connectivity index (χ1n) is 6.63. The van der Waals surface area contributed by atoms with Crippen molar-refractivity contribution < 1.29 is 4.39 Å². The highest BCUT2D eigenvalue weighted by atomic mass is 19.1. The number of benzene rings is 1. The Morgan fingerprint density at radius 3 is 2.62 bits per heavy atom. The minimum Gasteiger partial charge on any atom is -0.380 e. The van der Waals surface area contributed by atoms with E-state index in [1.54, 1.807) is 29.2 Å². The van der Waals surface area contributed by atoms with Crippen molar-refractivity contribution in [3.8, 4) is 11.1 Å². The summed E-state index contributed by atoms with van der Waals surface area (Å²) >= 11 is 0. The molecule has 106 valence electrons. The van der Waals surface area contributed by atoms with E-state index < -0.39 is 0 Å². The molecule has 0 spiro atoms. The van der Waals surface area contributed by atoms with Gasteiger partial charge < -0.3 is 5.32 Å². The highest BCUT2D eigenvalue weighted by Crippen LogP contribution is 2.21. The van der Waals surface area contributed by atoms with Crippen molar-refractivity contribution in [2.24, 2.45) is 7.05 Å². The molecule has 0 unspecified atom stereocenters. The maximum absolute atomic E-state index is 13.0. The molecule has 1 N–H and O–H groups in total. The number of aromatic nitrogens is 3. The average molecular weight is 282 g/mol. The quantitative estimate of drug-likeness (QED) is 0.799. The third-order valence-corrected chi connectivity index (χ3v) is 3.17. The zero-order chi connectivity index (χ0) is 14.7. The maximum atomic E-state index is 13.0. The van der Waals surface area contributed by atoms with Crippen molar-refractivity contribution in [3.63, 3.8) is 0 Å². The lowest BCUT2D eigenvalue weighted by molar-refractivity contribution is 0.628. The molecule has 3 aromatic rings. The third-order valence-electron chi connectivity index (χ3n) is 3.17. The highest BCUT2D eigenvalue weighted by Gasteiger charge is 2.02. The van der Waals surface area contributed by atoms with Gasteiger partial charge in [-0.05, 0) is 23.8 Å². The second kappa shape index (κ2) is 5.75. The number of anilines is 1. The fraction of sp³-hybridized carbons (Fsp3) is 0.125. The Morgan fingerprint density at radius 2 is 1.90 bits per heavy atom. The van der Waals surface area contributed by atoms with Crippen LogP contribution in [0.4, 0.5) is 10.1 Å². The minimum atomic E-state index is -0.238. The molecule has 2 aromatic heterocycles. The number of rotatable bonds is 4. The van der Waals surface area contributed by atoms with Crippen LogP contribution in [-0.4, -0.2) is 14.8 Å². The standard InChI is InChI=1S/C16H15FN4/c1-21-11-12(8-20-21)7-19-16-6-14(9-18-10-16)13-2-4-15(17)5-3-13/h2-6,8-11,19H,7H2,1H3. The van der Waals surface area contributed by atoms with E-state index in [0.29, 0.717) is 6.54 Å². The van der Waals surface area contributed by atoms with E-state index in [-0.39, 0.29) is 5.82 Å². The summed E-state index contributed by atoms with van der Waals surface area (Å²) in [6.07, 6.45) is 7.32. The van der Waals surface area contributed by atoms with E-state index >= 15 is 0 Å². The Kier molecular flexibility index (Phi) is 3.64. The fourth-order valence-electron chi connectivity index (χ4n) is 2.10. The van der Waals surface area contributed by atoms with Crippen LogP contribution in [0.3, 0.4) is 0 Å². The fourth-order valence-corrected chi connectivity index (χ4v) is 2.10. The van der Waals surface area contributed by atoms with Gasteiger partial charge in [0.25, 0.3) is 0 Å². The lowest BCUT2D eigenvalue weighted by Gasteiger charge is -2.07. The second-order valence-corrected chi connectivity index (χ2v) is 4.84. The summed E-state index contributed by atoms with van der Waals surface area (Å²) in [5.74, 6) is -0.238. The number of hydrogen-bond acceptors (Lipinski definition) is 3. The predicted molar refractivity (Wildman–Crippen MR) is 80.2 cm³/mol. The first-order valence-corrected chi connectivity index (χ1v) is 6.63. The third kappa shape index (κ3) is 3.25. The van der Waals surface area contributed by atoms with E-state index in [1.165, 1.54) is 12.1 Å². The lowest BCUT2D eigenvalue weighted by atomic mass is 10.1. The van der Waals surface area contributed by atoms with Crippen molar-refractivity contribution in [2.45, 2.75) is 6.54 Å². The van der Waals surface area contributed by atoms with Gasteiger partial charge in [-0.15, -0.1) is 0 Å². The zero-order valence-corrected chi connectivity index (χ0v) is 11.6. The first-order chi connectivity index (χ1) is 10.2. The molecule has 0 radical (unpaired) electrons. The highest BCUT2D eigenvalue weighted by molar-refractivity contribution is 5.66. The molecule has 21 heavy (non-hydrogen) atoms. The lowest BCUT2D eigenvalue weighted by Crippen LogP contribution is -1.99. The monoisotopic (exact) mass is 282 g/mol. The predicted octanol–water partition coefficient (Wildman–Crippen LogP) is 3.23. The molecular weight excluding hydrogens is 267 g/mol. The van der Waals surface area contributed by atoms with Gasteiger partial charge in [-0.2, -0.15) is 5.10 Å². The summed E-state index contributed by atoms with van der Waals surface area (Å²) in [6, 6.07) is 8.39. The van der Waals surface area contributed by atoms with Crippen molar-refractivity contribution in [3.05, 3.63) is 66.5 Å². The Labute approximate surface area is 122 Å². The van der Waals surface area contributed by atoms with E-state index in [9.17, 15) is 4.39 Å². The van der Waals surface area contributed by atoms with Crippen LogP contribution >= 0.6 is 0 Å². The van der Waals surface area contributed by atoms with Gasteiger partial charge in [0.2, 0.25) is 0 Å². The Morgan fingerprint density at radius 1 is 1.10 bits per heavy atom. The van der Waals surface area contributed by atoms with E-state index in [1.807, 2.05) is 25.5 Å². The molecule has 0 saturated heterocycles. The smallest absolute Gasteiger partial charge is 0.123 e. The van der Waals surface area contributed by atoms with Gasteiger partial charge in [0, 0.05) is 43.3 Å². The number of aryl methyl sites for hydroxylation is 1. The van der Waals surface area contributed by atoms with Gasteiger partial charge >= 0.3 is 0 Å². The summed E-state index contributed by atoms with van der Waals surface area (Å²) in [7, 11) is 1.89. The number of nitrogens with zero attached hydrogens (tertiary/aromatic N) is 3. The molecule has 3 rings (SSSR count). The Bertz CT molecular complexity index is 734. The summed E-state index contributed by atoms with van der Waals surface area (Å²) in [5.41, 5.74) is 3.91. The van der Waals surface area contributed by atoms with E-state index in [0.717, 1.165) is 22.4 Å². The van der Waals surface area contributed by atoms with Gasteiger partial charge in [0.05, 0.1) is 11.9 Å². The summed E-state index contributed by atoms with van der Waals surface area (Å²) in [4.78, 5) is 4.22. The first kappa shape index (κ1) is 13.3. The van der Waals surface area contributed by atoms with Crippen LogP contribution in [0, 0.1) is 5.82 Å². The number of hydrogen-bond donors (Lipinski definition) is 1. The van der Waals surface area contributed by atoms with Crippen LogP contribution in [0.25, 0.3) is 11.1 Å². The molecular formula is C16H15FN4. The molecule has 4 nitrogen and oxygen atoms in total. The molecule has 1 aromatic carbocycles. The molecule has 0 saturated carbocycles. The molecule has 0 aliphatic carbocycles. The van der Waals surface area contributed by atoms with Gasteiger partial charge in [-0.3, -0.25) is 9.67 Å². The molecule has 0 bridgehead atoms. The van der Waals surface area contributed by atoms with Gasteiger partial charge in [0.1, 0.15) is 5.82 Å². The van der Waals surface area contributed by atoms with Gasteiger partial charge in [-0.1, -0.05) is 12.1 Å². The molecule has 0 aliphatic heterocycles. The Hall–Kier alpha value is -2.69. The molecule has 0 atom stereocenters. The van der Waals surface area contributed by atoms with Crippen LogP contribution in [-0.2, 0) is 13.6 Å². The second-order valence-electron chi connectivity index (χ2n) is 4.84. The summed E-state index contributed by atoms with van der Waals surface area (Å²) < 4.78 is 14.7. The maximum Gasteiger partial charge on any atom is 0.123 e. The largest absolute Gasteiger partial charge is 0.380 e. The van der Waals surface area contributed by atoms with E-state index in [2.05, 4.69) is 15.4 Å². The van der Waals surface area contributed by atoms with Gasteiger partial charge in [-0.25, -0.2) is 4.39 Å². The minimum absolute atomic E-state index is 0.238. The van der Waals surface area contributed by atoms with Crippen LogP contribution < -0.4 is 5.32 Å². The van der Waals surface area contributed by atoms with Crippen LogP contribution in [0.15, 0.2) is 55.1 Å². The van der Waals surface area contributed by atoms with Crippen LogP contribution in [0.2, 0.25) is 0 Å². The normalized spacial score (nSPS) is 10.6. The molecule has 2 heterocycles. The van der Waals surface area contributed by atoms with Crippen LogP contribution in [0.1, 0.15) is 5.56 Å². The van der Waals surface area contributed by atoms with Crippen molar-refractivity contribution in [2.75, 3.05) is 5.32 Å². The topological polar surface area (TPSA) is 42.7 Å². The number of nitrogens with one attached hydrogen (secondary N) is 1. The molecule has 0 fully saturated rings. The van der Waals surface area contributed by atoms with Crippen molar-refractivity contribution in [1.29, 1.82) is 0 Å². The number of halogens is 1. The van der Waals surface area contributed by atoms with Crippen molar-refractivity contribution >= 4 is 5.69 Å². The number of pyridine rings is 1. The Balaban J connectivity index is 1.75. The molecule has 0 aliphatic rings. The summed E-state index contributed by atoms with van der Waals surface area (Å²) in [5, 5.41) is 7.43. The molecule has 5 heteroatoms. The van der Waals surface area contributed by atoms with E-state index in [4.69, 9.17) is 0 Å². The SMILES string of the molecule is Cn1cc(CNc2cncc(-c3ccc(F)cc3)c2)cn1. The van der Waals surface area contributed by atoms with Gasteiger partial charge in [0.15, 0.2) is 0 Å². The van der Waals surface area contributed by atoms with Crippen LogP contribution in [0.5, 0.6) is 0 Å². The molecule has 0 amide bonds. The van der Waals surface area contributed by atoms with Crippen molar-refractivity contribution in [1.82, 2.24) is 14.8 Å². The average Bonchev–Trinajstić information content (AvgIpc) is 2.92.